The summed E-state index contributed by atoms with van der Waals surface area (Å²) in [6.45, 7) is 3.30. The lowest BCUT2D eigenvalue weighted by Crippen LogP contribution is -2.32. The minimum Gasteiger partial charge on any atom is -0.513 e. The van der Waals surface area contributed by atoms with Crippen molar-refractivity contribution in [3.8, 4) is 0 Å². The summed E-state index contributed by atoms with van der Waals surface area (Å²) in [4.78, 5) is 2.35. The molecule has 6 N–H and O–H groups in total. The molecule has 0 aliphatic carbocycles. The van der Waals surface area contributed by atoms with Crippen LogP contribution in [-0.4, -0.2) is 45.5 Å². The number of aliphatic hydroxyl groups is 1. The third kappa shape index (κ3) is 8.81. The molecular weight excluding hydrogens is 425 g/mol. The maximum absolute atomic E-state index is 13.7. The molecule has 0 amide bonds. The lowest BCUT2D eigenvalue weighted by Gasteiger charge is -2.23. The molecule has 166 valence electrons. The molecule has 0 aliphatic heterocycles. The first-order valence-corrected chi connectivity index (χ1v) is 10.2. The fraction of sp³-hybridized carbons (Fsp3) is 0.333. The van der Waals surface area contributed by atoms with Gasteiger partial charge >= 0.3 is 0 Å². The van der Waals surface area contributed by atoms with Gasteiger partial charge in [-0.2, -0.15) is 0 Å². The van der Waals surface area contributed by atoms with Crippen LogP contribution in [0.25, 0.3) is 0 Å². The molecule has 2 aromatic rings. The summed E-state index contributed by atoms with van der Waals surface area (Å²) < 4.78 is 13.7. The number of thiol groups is 1. The summed E-state index contributed by atoms with van der Waals surface area (Å²) in [6, 6.07) is 10.7. The van der Waals surface area contributed by atoms with Crippen molar-refractivity contribution in [2.45, 2.75) is 18.0 Å². The fourth-order valence-electron chi connectivity index (χ4n) is 2.43. The van der Waals surface area contributed by atoms with Crippen molar-refractivity contribution in [3.63, 3.8) is 0 Å². The highest BCUT2D eigenvalue weighted by atomic mass is 35.5. The topological polar surface area (TPSA) is 85.6 Å². The zero-order valence-electron chi connectivity index (χ0n) is 17.7. The minimum atomic E-state index is -0.406. The van der Waals surface area contributed by atoms with Gasteiger partial charge in [0.15, 0.2) is 0 Å². The standard InChI is InChI=1S/C16H19ClFN3S.C5H12N2O/c1-19-7-8-21(2)15-6-4-3-5-13(15)20-14-10-12(18)16(22)9-11(14)17;1-4(8)3-5(6)7-2/h3-6,9-10,19-20,22H,7-8H2,1-2H3;3,5,7-8H,6H2,1-2H3/b;4-3-. The van der Waals surface area contributed by atoms with Crippen molar-refractivity contribution < 1.29 is 9.50 Å². The Kier molecular flexibility index (Phi) is 11.6. The van der Waals surface area contributed by atoms with Crippen LogP contribution in [0.3, 0.4) is 0 Å². The maximum Gasteiger partial charge on any atom is 0.138 e. The molecule has 0 spiro atoms. The van der Waals surface area contributed by atoms with Crippen LogP contribution in [0.2, 0.25) is 5.02 Å². The first-order chi connectivity index (χ1) is 14.2. The molecule has 9 heteroatoms. The lowest BCUT2D eigenvalue weighted by atomic mass is 10.2. The van der Waals surface area contributed by atoms with E-state index < -0.39 is 5.82 Å². The lowest BCUT2D eigenvalue weighted by molar-refractivity contribution is 0.407. The summed E-state index contributed by atoms with van der Waals surface area (Å²) in [7, 11) is 5.65. The van der Waals surface area contributed by atoms with E-state index in [1.807, 2.05) is 38.4 Å². The zero-order chi connectivity index (χ0) is 22.7. The number of nitrogens with one attached hydrogen (secondary N) is 3. The Bertz CT molecular complexity index is 833. The molecule has 6 nitrogen and oxygen atoms in total. The van der Waals surface area contributed by atoms with E-state index in [2.05, 4.69) is 33.5 Å². The predicted octanol–water partition coefficient (Wildman–Crippen LogP) is 4.12. The van der Waals surface area contributed by atoms with Crippen LogP contribution in [0.15, 0.2) is 53.1 Å². The monoisotopic (exact) mass is 455 g/mol. The van der Waals surface area contributed by atoms with Gasteiger partial charge in [0.05, 0.1) is 34.0 Å². The summed E-state index contributed by atoms with van der Waals surface area (Å²) >= 11 is 10.2. The molecule has 0 saturated carbocycles. The summed E-state index contributed by atoms with van der Waals surface area (Å²) in [5, 5.41) is 18.1. The van der Waals surface area contributed by atoms with Crippen LogP contribution in [0.5, 0.6) is 0 Å². The number of halogens is 2. The van der Waals surface area contributed by atoms with Gasteiger partial charge < -0.3 is 31.7 Å². The van der Waals surface area contributed by atoms with Gasteiger partial charge in [-0.15, -0.1) is 12.6 Å². The number of para-hydroxylation sites is 2. The number of nitrogens with two attached hydrogens (primary N) is 1. The Morgan fingerprint density at radius 3 is 2.53 bits per heavy atom. The van der Waals surface area contributed by atoms with E-state index in [-0.39, 0.29) is 16.8 Å². The van der Waals surface area contributed by atoms with E-state index in [0.717, 1.165) is 24.5 Å². The van der Waals surface area contributed by atoms with Crippen LogP contribution in [0, 0.1) is 5.82 Å². The average molecular weight is 456 g/mol. The van der Waals surface area contributed by atoms with Crippen LogP contribution in [-0.2, 0) is 0 Å². The maximum atomic E-state index is 13.7. The van der Waals surface area contributed by atoms with Crippen molar-refractivity contribution >= 4 is 41.3 Å². The second kappa shape index (κ2) is 13.4. The van der Waals surface area contributed by atoms with Gasteiger partial charge in [-0.3, -0.25) is 0 Å². The molecule has 0 saturated heterocycles. The van der Waals surface area contributed by atoms with Gasteiger partial charge in [-0.1, -0.05) is 23.7 Å². The van der Waals surface area contributed by atoms with E-state index in [0.29, 0.717) is 10.7 Å². The molecular formula is C21H31ClFN5OS. The summed E-state index contributed by atoms with van der Waals surface area (Å²) in [5.74, 6) is -0.164. The molecule has 0 aromatic heterocycles. The molecule has 0 heterocycles. The molecule has 2 aromatic carbocycles. The summed E-state index contributed by atoms with van der Waals surface area (Å²) in [6.07, 6.45) is 1.29. The van der Waals surface area contributed by atoms with Crippen molar-refractivity contribution in [2.24, 2.45) is 5.73 Å². The highest BCUT2D eigenvalue weighted by Gasteiger charge is 2.11. The highest BCUT2D eigenvalue weighted by Crippen LogP contribution is 2.33. The Labute approximate surface area is 188 Å². The molecule has 0 radical (unpaired) electrons. The van der Waals surface area contributed by atoms with E-state index in [1.54, 1.807) is 14.0 Å². The Morgan fingerprint density at radius 2 is 1.97 bits per heavy atom. The first kappa shape index (κ1) is 26.1. The van der Waals surface area contributed by atoms with Crippen LogP contribution in [0.4, 0.5) is 21.5 Å². The largest absolute Gasteiger partial charge is 0.513 e. The van der Waals surface area contributed by atoms with Crippen molar-refractivity contribution in [1.82, 2.24) is 10.6 Å². The van der Waals surface area contributed by atoms with Gasteiger partial charge in [-0.05, 0) is 51.4 Å². The molecule has 0 bridgehead atoms. The Hall–Kier alpha value is -1.97. The highest BCUT2D eigenvalue weighted by molar-refractivity contribution is 7.80. The number of anilines is 3. The number of hydrogen-bond donors (Lipinski definition) is 6. The Balaban J connectivity index is 0.000000479. The van der Waals surface area contributed by atoms with Crippen molar-refractivity contribution in [3.05, 3.63) is 59.1 Å². The second-order valence-electron chi connectivity index (χ2n) is 6.57. The number of aliphatic hydroxyl groups excluding tert-OH is 1. The zero-order valence-corrected chi connectivity index (χ0v) is 19.4. The van der Waals surface area contributed by atoms with E-state index >= 15 is 0 Å². The second-order valence-corrected chi connectivity index (χ2v) is 7.46. The number of rotatable bonds is 8. The quantitative estimate of drug-likeness (QED) is 0.204. The number of allylic oxidation sites excluding steroid dienone is 1. The minimum absolute atomic E-state index is 0.231. The number of benzene rings is 2. The summed E-state index contributed by atoms with van der Waals surface area (Å²) in [5.41, 5.74) is 7.73. The molecule has 0 fully saturated rings. The van der Waals surface area contributed by atoms with Gasteiger partial charge in [0.25, 0.3) is 0 Å². The van der Waals surface area contributed by atoms with Crippen molar-refractivity contribution in [2.75, 3.05) is 44.4 Å². The van der Waals surface area contributed by atoms with Gasteiger partial charge in [0.2, 0.25) is 0 Å². The normalized spacial score (nSPS) is 12.1. The molecule has 1 unspecified atom stereocenters. The Morgan fingerprint density at radius 1 is 1.30 bits per heavy atom. The predicted molar refractivity (Wildman–Crippen MR) is 129 cm³/mol. The van der Waals surface area contributed by atoms with Crippen LogP contribution >= 0.6 is 24.2 Å². The number of hydrogen-bond acceptors (Lipinski definition) is 7. The molecule has 1 atom stereocenters. The van der Waals surface area contributed by atoms with E-state index in [1.165, 1.54) is 18.2 Å². The number of likely N-dealkylation sites (N-methyl/N-ethyl adjacent to an activating group) is 3. The SMILES string of the molecule is CNC(N)/C=C(/C)O.CNCCN(C)c1ccccc1Nc1cc(F)c(S)cc1Cl. The van der Waals surface area contributed by atoms with Gasteiger partial charge in [0, 0.05) is 25.0 Å². The molecule has 0 aliphatic rings. The molecule has 2 rings (SSSR count). The first-order valence-electron chi connectivity index (χ1n) is 9.39. The third-order valence-electron chi connectivity index (χ3n) is 4.07. The van der Waals surface area contributed by atoms with Gasteiger partial charge in [-0.25, -0.2) is 4.39 Å². The smallest absolute Gasteiger partial charge is 0.138 e. The average Bonchev–Trinajstić information content (AvgIpc) is 2.70. The van der Waals surface area contributed by atoms with E-state index in [4.69, 9.17) is 22.4 Å². The van der Waals surface area contributed by atoms with Crippen LogP contribution < -0.4 is 26.6 Å². The molecule has 30 heavy (non-hydrogen) atoms. The van der Waals surface area contributed by atoms with Crippen LogP contribution in [0.1, 0.15) is 6.92 Å². The van der Waals surface area contributed by atoms with E-state index in [9.17, 15) is 4.39 Å². The fourth-order valence-corrected chi connectivity index (χ4v) is 2.91. The third-order valence-corrected chi connectivity index (χ3v) is 4.73. The number of nitrogens with zero attached hydrogens (tertiary/aromatic N) is 1. The van der Waals surface area contributed by atoms with Crippen molar-refractivity contribution in [1.29, 1.82) is 0 Å². The van der Waals surface area contributed by atoms with Gasteiger partial charge in [0.1, 0.15) is 5.82 Å².